The molecule has 94 valence electrons. The number of likely N-dealkylation sites (tertiary alicyclic amines) is 1. The lowest BCUT2D eigenvalue weighted by atomic mass is 9.81. The molecule has 1 unspecified atom stereocenters. The van der Waals surface area contributed by atoms with Gasteiger partial charge in [0.2, 0.25) is 5.91 Å². The number of aliphatic hydroxyl groups excluding tert-OH is 1. The standard InChI is InChI=1S/C12H23NO3/c1-9(2)16-10-5-6-13(11(15)7-14)8-12(10,3)4/h9-10,14H,5-8H2,1-4H3. The van der Waals surface area contributed by atoms with Gasteiger partial charge in [0, 0.05) is 18.5 Å². The van der Waals surface area contributed by atoms with Crippen molar-refractivity contribution in [1.82, 2.24) is 4.90 Å². The fraction of sp³-hybridized carbons (Fsp3) is 0.917. The highest BCUT2D eigenvalue weighted by Gasteiger charge is 2.38. The Hall–Kier alpha value is -0.610. The maximum Gasteiger partial charge on any atom is 0.248 e. The van der Waals surface area contributed by atoms with Crippen LogP contribution in [-0.2, 0) is 9.53 Å². The molecular weight excluding hydrogens is 206 g/mol. The Morgan fingerprint density at radius 3 is 2.62 bits per heavy atom. The minimum absolute atomic E-state index is 0.0483. The van der Waals surface area contributed by atoms with E-state index in [1.807, 2.05) is 13.8 Å². The molecule has 0 spiro atoms. The van der Waals surface area contributed by atoms with Gasteiger partial charge in [-0.15, -0.1) is 0 Å². The molecule has 1 heterocycles. The van der Waals surface area contributed by atoms with Gasteiger partial charge in [-0.2, -0.15) is 0 Å². The Labute approximate surface area is 97.6 Å². The van der Waals surface area contributed by atoms with E-state index in [9.17, 15) is 4.79 Å². The second kappa shape index (κ2) is 5.15. The predicted octanol–water partition coefficient (Wildman–Crippen LogP) is 1.03. The molecule has 0 saturated carbocycles. The van der Waals surface area contributed by atoms with Crippen molar-refractivity contribution < 1.29 is 14.6 Å². The van der Waals surface area contributed by atoms with Gasteiger partial charge in [-0.3, -0.25) is 4.79 Å². The van der Waals surface area contributed by atoms with E-state index in [1.165, 1.54) is 0 Å². The number of amides is 1. The van der Waals surface area contributed by atoms with Crippen molar-refractivity contribution >= 4 is 5.91 Å². The summed E-state index contributed by atoms with van der Waals surface area (Å²) in [5, 5.41) is 8.85. The average Bonchev–Trinajstić information content (AvgIpc) is 2.19. The molecule has 1 rings (SSSR count). The molecule has 1 atom stereocenters. The number of piperidine rings is 1. The molecule has 0 aromatic heterocycles. The molecule has 4 heteroatoms. The number of hydrogen-bond donors (Lipinski definition) is 1. The van der Waals surface area contributed by atoms with Crippen molar-refractivity contribution in [3.05, 3.63) is 0 Å². The van der Waals surface area contributed by atoms with Crippen LogP contribution < -0.4 is 0 Å². The molecule has 1 aliphatic heterocycles. The molecule has 1 fully saturated rings. The van der Waals surface area contributed by atoms with Crippen molar-refractivity contribution in [3.8, 4) is 0 Å². The molecule has 4 nitrogen and oxygen atoms in total. The normalized spacial score (nSPS) is 24.9. The van der Waals surface area contributed by atoms with Crippen LogP contribution in [0.1, 0.15) is 34.1 Å². The predicted molar refractivity (Wildman–Crippen MR) is 62.1 cm³/mol. The molecule has 16 heavy (non-hydrogen) atoms. The SMILES string of the molecule is CC(C)OC1CCN(C(=O)CO)CC1(C)C. The number of ether oxygens (including phenoxy) is 1. The maximum absolute atomic E-state index is 11.4. The zero-order valence-electron chi connectivity index (χ0n) is 10.7. The molecule has 0 bridgehead atoms. The summed E-state index contributed by atoms with van der Waals surface area (Å²) in [5.41, 5.74) is -0.0483. The van der Waals surface area contributed by atoms with Crippen LogP contribution >= 0.6 is 0 Å². The maximum atomic E-state index is 11.4. The van der Waals surface area contributed by atoms with E-state index in [2.05, 4.69) is 13.8 Å². The van der Waals surface area contributed by atoms with E-state index >= 15 is 0 Å². The molecular formula is C12H23NO3. The lowest BCUT2D eigenvalue weighted by Crippen LogP contribution is -2.52. The van der Waals surface area contributed by atoms with E-state index in [0.717, 1.165) is 6.42 Å². The summed E-state index contributed by atoms with van der Waals surface area (Å²) in [7, 11) is 0. The number of aliphatic hydroxyl groups is 1. The van der Waals surface area contributed by atoms with Crippen LogP contribution in [0.2, 0.25) is 0 Å². The van der Waals surface area contributed by atoms with Gasteiger partial charge in [-0.25, -0.2) is 0 Å². The molecule has 0 aromatic carbocycles. The van der Waals surface area contributed by atoms with Crippen LogP contribution in [0.3, 0.4) is 0 Å². The lowest BCUT2D eigenvalue weighted by Gasteiger charge is -2.44. The van der Waals surface area contributed by atoms with E-state index in [1.54, 1.807) is 4.90 Å². The minimum atomic E-state index is -0.397. The summed E-state index contributed by atoms with van der Waals surface area (Å²) >= 11 is 0. The van der Waals surface area contributed by atoms with Gasteiger partial charge in [-0.05, 0) is 20.3 Å². The Balaban J connectivity index is 2.61. The smallest absolute Gasteiger partial charge is 0.248 e. The summed E-state index contributed by atoms with van der Waals surface area (Å²) < 4.78 is 5.87. The van der Waals surface area contributed by atoms with E-state index in [-0.39, 0.29) is 23.5 Å². The van der Waals surface area contributed by atoms with Crippen LogP contribution in [0.4, 0.5) is 0 Å². The first-order valence-electron chi connectivity index (χ1n) is 5.91. The fourth-order valence-electron chi connectivity index (χ4n) is 2.23. The van der Waals surface area contributed by atoms with Gasteiger partial charge < -0.3 is 14.7 Å². The van der Waals surface area contributed by atoms with Gasteiger partial charge in [0.15, 0.2) is 0 Å². The van der Waals surface area contributed by atoms with Crippen molar-refractivity contribution in [1.29, 1.82) is 0 Å². The number of carbonyl (C=O) groups excluding carboxylic acids is 1. The third-order valence-electron chi connectivity index (χ3n) is 3.06. The summed E-state index contributed by atoms with van der Waals surface area (Å²) in [6.07, 6.45) is 1.25. The van der Waals surface area contributed by atoms with Gasteiger partial charge in [0.05, 0.1) is 12.2 Å². The summed E-state index contributed by atoms with van der Waals surface area (Å²) in [6, 6.07) is 0. The number of nitrogens with zero attached hydrogens (tertiary/aromatic N) is 1. The zero-order chi connectivity index (χ0) is 12.3. The monoisotopic (exact) mass is 229 g/mol. The first kappa shape index (κ1) is 13.5. The quantitative estimate of drug-likeness (QED) is 0.786. The van der Waals surface area contributed by atoms with E-state index in [0.29, 0.717) is 13.1 Å². The highest BCUT2D eigenvalue weighted by Crippen LogP contribution is 2.32. The molecule has 1 amide bonds. The van der Waals surface area contributed by atoms with Crippen LogP contribution in [0, 0.1) is 5.41 Å². The lowest BCUT2D eigenvalue weighted by molar-refractivity contribution is -0.145. The van der Waals surface area contributed by atoms with Crippen molar-refractivity contribution in [2.24, 2.45) is 5.41 Å². The number of rotatable bonds is 3. The van der Waals surface area contributed by atoms with Gasteiger partial charge in [0.25, 0.3) is 0 Å². The van der Waals surface area contributed by atoms with Crippen LogP contribution in [-0.4, -0.2) is 47.8 Å². The second-order valence-electron chi connectivity index (χ2n) is 5.42. The van der Waals surface area contributed by atoms with Crippen molar-refractivity contribution in [2.45, 2.75) is 46.3 Å². The second-order valence-corrected chi connectivity index (χ2v) is 5.42. The van der Waals surface area contributed by atoms with E-state index in [4.69, 9.17) is 9.84 Å². The van der Waals surface area contributed by atoms with Crippen LogP contribution in [0.15, 0.2) is 0 Å². The minimum Gasteiger partial charge on any atom is -0.387 e. The van der Waals surface area contributed by atoms with Gasteiger partial charge >= 0.3 is 0 Å². The van der Waals surface area contributed by atoms with Crippen molar-refractivity contribution in [2.75, 3.05) is 19.7 Å². The molecule has 1 N–H and O–H groups in total. The zero-order valence-corrected chi connectivity index (χ0v) is 10.7. The van der Waals surface area contributed by atoms with Crippen LogP contribution in [0.25, 0.3) is 0 Å². The van der Waals surface area contributed by atoms with Gasteiger partial charge in [0.1, 0.15) is 6.61 Å². The van der Waals surface area contributed by atoms with Crippen LogP contribution in [0.5, 0.6) is 0 Å². The largest absolute Gasteiger partial charge is 0.387 e. The highest BCUT2D eigenvalue weighted by atomic mass is 16.5. The van der Waals surface area contributed by atoms with E-state index < -0.39 is 6.61 Å². The Morgan fingerprint density at radius 2 is 2.19 bits per heavy atom. The van der Waals surface area contributed by atoms with Crippen molar-refractivity contribution in [3.63, 3.8) is 0 Å². The number of carbonyl (C=O) groups is 1. The molecule has 0 radical (unpaired) electrons. The molecule has 0 aliphatic carbocycles. The molecule has 0 aromatic rings. The first-order chi connectivity index (χ1) is 7.36. The molecule has 1 aliphatic rings. The van der Waals surface area contributed by atoms with Gasteiger partial charge in [-0.1, -0.05) is 13.8 Å². The topological polar surface area (TPSA) is 49.8 Å². The summed E-state index contributed by atoms with van der Waals surface area (Å²) in [5.74, 6) is -0.184. The Kier molecular flexibility index (Phi) is 4.33. The average molecular weight is 229 g/mol. The molecule has 1 saturated heterocycles. The highest BCUT2D eigenvalue weighted by molar-refractivity contribution is 5.77. The third-order valence-corrected chi connectivity index (χ3v) is 3.06. The Morgan fingerprint density at radius 1 is 1.56 bits per heavy atom. The summed E-state index contributed by atoms with van der Waals surface area (Å²) in [4.78, 5) is 13.1. The summed E-state index contributed by atoms with van der Waals surface area (Å²) in [6.45, 7) is 9.21. The Bertz CT molecular complexity index is 251. The fourth-order valence-corrected chi connectivity index (χ4v) is 2.23. The number of hydrogen-bond acceptors (Lipinski definition) is 3. The first-order valence-corrected chi connectivity index (χ1v) is 5.91. The third kappa shape index (κ3) is 3.19.